The molecular formula is C12H15FO2S. The predicted molar refractivity (Wildman–Crippen MR) is 63.4 cm³/mol. The highest BCUT2D eigenvalue weighted by Gasteiger charge is 2.37. The Morgan fingerprint density at radius 3 is 2.81 bits per heavy atom. The molecule has 16 heavy (non-hydrogen) atoms. The van der Waals surface area contributed by atoms with Crippen LogP contribution < -0.4 is 4.74 Å². The minimum absolute atomic E-state index is 0.214. The average Bonchev–Trinajstić information content (AvgIpc) is 2.60. The van der Waals surface area contributed by atoms with E-state index in [4.69, 9.17) is 4.74 Å². The minimum atomic E-state index is -0.892. The highest BCUT2D eigenvalue weighted by molar-refractivity contribution is 8.00. The first-order chi connectivity index (χ1) is 7.55. The number of hydrogen-bond donors (Lipinski definition) is 1. The summed E-state index contributed by atoms with van der Waals surface area (Å²) >= 11 is 1.71. The molecule has 4 heteroatoms. The van der Waals surface area contributed by atoms with Crippen molar-refractivity contribution in [3.63, 3.8) is 0 Å². The van der Waals surface area contributed by atoms with Crippen molar-refractivity contribution in [2.24, 2.45) is 0 Å². The lowest BCUT2D eigenvalue weighted by molar-refractivity contribution is 0.0608. The van der Waals surface area contributed by atoms with E-state index in [1.807, 2.05) is 0 Å². The Balaban J connectivity index is 2.31. The highest BCUT2D eigenvalue weighted by Crippen LogP contribution is 2.41. The van der Waals surface area contributed by atoms with Crippen molar-refractivity contribution in [3.8, 4) is 5.75 Å². The Kier molecular flexibility index (Phi) is 3.13. The fourth-order valence-electron chi connectivity index (χ4n) is 2.03. The van der Waals surface area contributed by atoms with Gasteiger partial charge in [0.25, 0.3) is 0 Å². The lowest BCUT2D eigenvalue weighted by Crippen LogP contribution is -2.25. The Morgan fingerprint density at radius 2 is 2.31 bits per heavy atom. The second-order valence-electron chi connectivity index (χ2n) is 4.21. The molecule has 1 aliphatic heterocycles. The Hall–Kier alpha value is -0.740. The second kappa shape index (κ2) is 4.26. The zero-order valence-corrected chi connectivity index (χ0v) is 10.2. The van der Waals surface area contributed by atoms with Crippen LogP contribution in [0.5, 0.6) is 5.75 Å². The van der Waals surface area contributed by atoms with Gasteiger partial charge in [-0.2, -0.15) is 11.8 Å². The summed E-state index contributed by atoms with van der Waals surface area (Å²) in [4.78, 5) is 0. The van der Waals surface area contributed by atoms with Crippen LogP contribution in [0.15, 0.2) is 18.2 Å². The van der Waals surface area contributed by atoms with Crippen LogP contribution in [0.4, 0.5) is 4.39 Å². The first-order valence-corrected chi connectivity index (χ1v) is 6.28. The molecule has 0 amide bonds. The van der Waals surface area contributed by atoms with Crippen LogP contribution >= 0.6 is 11.8 Å². The third-order valence-electron chi connectivity index (χ3n) is 2.92. The van der Waals surface area contributed by atoms with Crippen LogP contribution in [0.3, 0.4) is 0 Å². The second-order valence-corrected chi connectivity index (χ2v) is 5.63. The van der Waals surface area contributed by atoms with Crippen LogP contribution in [-0.2, 0) is 5.60 Å². The molecular weight excluding hydrogens is 227 g/mol. The van der Waals surface area contributed by atoms with Crippen LogP contribution in [0.1, 0.15) is 18.9 Å². The summed E-state index contributed by atoms with van der Waals surface area (Å²) in [6, 6.07) is 4.67. The van der Waals surface area contributed by atoms with Gasteiger partial charge in [-0.1, -0.05) is 13.0 Å². The normalized spacial score (nSPS) is 29.4. The van der Waals surface area contributed by atoms with Gasteiger partial charge in [0.2, 0.25) is 0 Å². The van der Waals surface area contributed by atoms with Gasteiger partial charge in [-0.25, -0.2) is 4.39 Å². The highest BCUT2D eigenvalue weighted by atomic mass is 32.2. The summed E-state index contributed by atoms with van der Waals surface area (Å²) in [5.41, 5.74) is -0.250. The third kappa shape index (κ3) is 2.04. The number of halogens is 1. The first kappa shape index (κ1) is 11.7. The van der Waals surface area contributed by atoms with Gasteiger partial charge in [-0.3, -0.25) is 0 Å². The van der Waals surface area contributed by atoms with Crippen molar-refractivity contribution >= 4 is 11.8 Å². The van der Waals surface area contributed by atoms with Gasteiger partial charge in [-0.05, 0) is 24.1 Å². The van der Waals surface area contributed by atoms with Crippen LogP contribution in [0.2, 0.25) is 0 Å². The topological polar surface area (TPSA) is 29.5 Å². The smallest absolute Gasteiger partial charge is 0.165 e. The van der Waals surface area contributed by atoms with Gasteiger partial charge >= 0.3 is 0 Å². The molecule has 1 aliphatic rings. The summed E-state index contributed by atoms with van der Waals surface area (Å²) in [5.74, 6) is 0.420. The summed E-state index contributed by atoms with van der Waals surface area (Å²) in [7, 11) is 1.43. The Bertz CT molecular complexity index is 397. The molecule has 0 aromatic heterocycles. The maximum Gasteiger partial charge on any atom is 0.165 e. The van der Waals surface area contributed by atoms with Crippen molar-refractivity contribution in [2.45, 2.75) is 24.2 Å². The fraction of sp³-hybridized carbons (Fsp3) is 0.500. The van der Waals surface area contributed by atoms with E-state index in [0.29, 0.717) is 23.0 Å². The molecule has 1 aromatic rings. The summed E-state index contributed by atoms with van der Waals surface area (Å²) in [5, 5.41) is 10.8. The van der Waals surface area contributed by atoms with Crippen LogP contribution in [-0.4, -0.2) is 23.2 Å². The molecule has 88 valence electrons. The van der Waals surface area contributed by atoms with Crippen molar-refractivity contribution < 1.29 is 14.2 Å². The zero-order valence-electron chi connectivity index (χ0n) is 9.37. The standard InChI is InChI=1S/C12H15FO2S/c1-8-6-12(14,7-16-8)9-3-4-11(15-2)10(13)5-9/h3-5,8,14H,6-7H2,1-2H3. The molecule has 0 saturated carbocycles. The molecule has 0 bridgehead atoms. The van der Waals surface area contributed by atoms with E-state index in [0.717, 1.165) is 0 Å². The van der Waals surface area contributed by atoms with Gasteiger partial charge in [0, 0.05) is 11.0 Å². The first-order valence-electron chi connectivity index (χ1n) is 5.23. The van der Waals surface area contributed by atoms with E-state index in [1.165, 1.54) is 13.2 Å². The summed E-state index contributed by atoms with van der Waals surface area (Å²) in [6.07, 6.45) is 0.670. The predicted octanol–water partition coefficient (Wildman–Crippen LogP) is 2.55. The summed E-state index contributed by atoms with van der Waals surface area (Å²) in [6.45, 7) is 2.07. The third-order valence-corrected chi connectivity index (χ3v) is 4.30. The minimum Gasteiger partial charge on any atom is -0.494 e. The van der Waals surface area contributed by atoms with Gasteiger partial charge in [0.1, 0.15) is 0 Å². The van der Waals surface area contributed by atoms with Gasteiger partial charge < -0.3 is 9.84 Å². The monoisotopic (exact) mass is 242 g/mol. The molecule has 1 fully saturated rings. The quantitative estimate of drug-likeness (QED) is 0.864. The van der Waals surface area contributed by atoms with E-state index < -0.39 is 11.4 Å². The molecule has 2 nitrogen and oxygen atoms in total. The van der Waals surface area contributed by atoms with Gasteiger partial charge in [0.05, 0.1) is 12.7 Å². The molecule has 2 rings (SSSR count). The molecule has 2 atom stereocenters. The van der Waals surface area contributed by atoms with Crippen molar-refractivity contribution in [3.05, 3.63) is 29.6 Å². The number of benzene rings is 1. The van der Waals surface area contributed by atoms with Crippen molar-refractivity contribution in [1.82, 2.24) is 0 Å². The SMILES string of the molecule is COc1ccc(C2(O)CSC(C)C2)cc1F. The van der Waals surface area contributed by atoms with E-state index >= 15 is 0 Å². The van der Waals surface area contributed by atoms with E-state index in [1.54, 1.807) is 23.9 Å². The molecule has 1 saturated heterocycles. The van der Waals surface area contributed by atoms with E-state index in [2.05, 4.69) is 6.92 Å². The van der Waals surface area contributed by atoms with E-state index in [9.17, 15) is 9.50 Å². The number of methoxy groups -OCH3 is 1. The largest absolute Gasteiger partial charge is 0.494 e. The number of hydrogen-bond acceptors (Lipinski definition) is 3. The molecule has 0 aliphatic carbocycles. The fourth-order valence-corrected chi connectivity index (χ4v) is 3.27. The number of ether oxygens (including phenoxy) is 1. The number of rotatable bonds is 2. The van der Waals surface area contributed by atoms with E-state index in [-0.39, 0.29) is 5.75 Å². The Labute approximate surface area is 98.8 Å². The zero-order chi connectivity index (χ0) is 11.8. The molecule has 1 heterocycles. The van der Waals surface area contributed by atoms with Crippen molar-refractivity contribution in [1.29, 1.82) is 0 Å². The van der Waals surface area contributed by atoms with Gasteiger partial charge in [-0.15, -0.1) is 0 Å². The lowest BCUT2D eigenvalue weighted by Gasteiger charge is -2.22. The molecule has 0 spiro atoms. The van der Waals surface area contributed by atoms with Gasteiger partial charge in [0.15, 0.2) is 11.6 Å². The average molecular weight is 242 g/mol. The molecule has 1 aromatic carbocycles. The van der Waals surface area contributed by atoms with Crippen LogP contribution in [0, 0.1) is 5.82 Å². The Morgan fingerprint density at radius 1 is 1.56 bits per heavy atom. The van der Waals surface area contributed by atoms with Crippen molar-refractivity contribution in [2.75, 3.05) is 12.9 Å². The maximum atomic E-state index is 13.5. The molecule has 2 unspecified atom stereocenters. The maximum absolute atomic E-state index is 13.5. The number of thioether (sulfide) groups is 1. The van der Waals surface area contributed by atoms with Crippen LogP contribution in [0.25, 0.3) is 0 Å². The lowest BCUT2D eigenvalue weighted by atomic mass is 9.91. The molecule has 1 N–H and O–H groups in total. The molecule has 0 radical (unpaired) electrons. The number of aliphatic hydroxyl groups is 1. The summed E-state index contributed by atoms with van der Waals surface area (Å²) < 4.78 is 18.4.